The van der Waals surface area contributed by atoms with E-state index in [4.69, 9.17) is 4.74 Å². The van der Waals surface area contributed by atoms with Gasteiger partial charge in [-0.05, 0) is 112 Å². The summed E-state index contributed by atoms with van der Waals surface area (Å²) in [6, 6.07) is 0. The highest BCUT2D eigenvalue weighted by Gasteiger charge is 2.60. The summed E-state index contributed by atoms with van der Waals surface area (Å²) in [5, 5.41) is 20.9. The van der Waals surface area contributed by atoms with Crippen molar-refractivity contribution in [2.45, 2.75) is 122 Å². The van der Waals surface area contributed by atoms with Gasteiger partial charge in [-0.2, -0.15) is 13.2 Å². The molecule has 3 saturated carbocycles. The van der Waals surface area contributed by atoms with Gasteiger partial charge in [0, 0.05) is 7.11 Å². The first-order chi connectivity index (χ1) is 15.7. The quantitative estimate of drug-likeness (QED) is 0.405. The van der Waals surface area contributed by atoms with Gasteiger partial charge in [0.1, 0.15) is 0 Å². The van der Waals surface area contributed by atoms with Crippen LogP contribution >= 0.6 is 0 Å². The smallest absolute Gasteiger partial charge is 0.390 e. The predicted octanol–water partition coefficient (Wildman–Crippen LogP) is 6.82. The number of methoxy groups -OCH3 is 1. The Balaban J connectivity index is 1.51. The minimum Gasteiger partial charge on any atom is -0.390 e. The number of ether oxygens (including phenoxy) is 1. The second kappa shape index (κ2) is 8.76. The van der Waals surface area contributed by atoms with Gasteiger partial charge in [-0.3, -0.25) is 0 Å². The van der Waals surface area contributed by atoms with E-state index < -0.39 is 17.4 Å². The fourth-order valence-electron chi connectivity index (χ4n) is 8.71. The Morgan fingerprint density at radius 3 is 2.44 bits per heavy atom. The molecule has 9 atom stereocenters. The highest BCUT2D eigenvalue weighted by Crippen LogP contribution is 2.67. The van der Waals surface area contributed by atoms with Gasteiger partial charge < -0.3 is 14.9 Å². The Morgan fingerprint density at radius 2 is 1.82 bits per heavy atom. The Labute approximate surface area is 203 Å². The van der Waals surface area contributed by atoms with Gasteiger partial charge in [0.25, 0.3) is 0 Å². The summed E-state index contributed by atoms with van der Waals surface area (Å²) >= 11 is 0. The third kappa shape index (κ3) is 4.18. The molecule has 0 aliphatic heterocycles. The number of rotatable bonds is 6. The average Bonchev–Trinajstić information content (AvgIpc) is 3.11. The molecule has 0 heterocycles. The average molecular weight is 487 g/mol. The molecule has 0 spiro atoms. The number of fused-ring (bicyclic) bond motifs is 5. The zero-order valence-corrected chi connectivity index (χ0v) is 21.7. The molecule has 3 nitrogen and oxygen atoms in total. The summed E-state index contributed by atoms with van der Waals surface area (Å²) in [6.45, 7) is 7.75. The molecule has 3 fully saturated rings. The van der Waals surface area contributed by atoms with Crippen LogP contribution < -0.4 is 0 Å². The molecule has 0 amide bonds. The number of hydrogen-bond donors (Lipinski definition) is 2. The van der Waals surface area contributed by atoms with E-state index in [0.717, 1.165) is 64.7 Å². The minimum absolute atomic E-state index is 0.0620. The van der Waals surface area contributed by atoms with Gasteiger partial charge in [-0.1, -0.05) is 32.4 Å². The Bertz CT molecular complexity index is 792. The van der Waals surface area contributed by atoms with Crippen molar-refractivity contribution in [3.8, 4) is 0 Å². The third-order valence-electron chi connectivity index (χ3n) is 11.3. The lowest BCUT2D eigenvalue weighted by Crippen LogP contribution is -2.53. The van der Waals surface area contributed by atoms with Crippen LogP contribution in [-0.2, 0) is 4.74 Å². The maximum Gasteiger partial charge on any atom is 0.416 e. The van der Waals surface area contributed by atoms with Crippen molar-refractivity contribution in [3.63, 3.8) is 0 Å². The highest BCUT2D eigenvalue weighted by atomic mass is 19.4. The van der Waals surface area contributed by atoms with Gasteiger partial charge >= 0.3 is 6.18 Å². The van der Waals surface area contributed by atoms with E-state index >= 15 is 0 Å². The summed E-state index contributed by atoms with van der Waals surface area (Å²) in [4.78, 5) is 0. The predicted molar refractivity (Wildman–Crippen MR) is 127 cm³/mol. The van der Waals surface area contributed by atoms with Crippen LogP contribution in [0.4, 0.5) is 13.2 Å². The maximum atomic E-state index is 13.2. The van der Waals surface area contributed by atoms with Crippen molar-refractivity contribution in [2.75, 3.05) is 7.11 Å². The monoisotopic (exact) mass is 486 g/mol. The molecule has 0 aromatic carbocycles. The van der Waals surface area contributed by atoms with Crippen molar-refractivity contribution < 1.29 is 28.1 Å². The molecule has 34 heavy (non-hydrogen) atoms. The Hall–Kier alpha value is -0.590. The third-order valence-corrected chi connectivity index (χ3v) is 11.3. The molecule has 2 N–H and O–H groups in total. The van der Waals surface area contributed by atoms with Gasteiger partial charge in [0.05, 0.1) is 11.7 Å². The van der Waals surface area contributed by atoms with Gasteiger partial charge in [0.15, 0.2) is 5.60 Å². The number of aliphatic hydroxyl groups is 2. The van der Waals surface area contributed by atoms with Crippen LogP contribution in [-0.4, -0.2) is 40.8 Å². The van der Waals surface area contributed by atoms with Crippen molar-refractivity contribution in [1.29, 1.82) is 0 Å². The molecule has 0 bridgehead atoms. The van der Waals surface area contributed by atoms with Gasteiger partial charge in [-0.25, -0.2) is 0 Å². The summed E-state index contributed by atoms with van der Waals surface area (Å²) in [5.41, 5.74) is -1.54. The zero-order valence-electron chi connectivity index (χ0n) is 21.7. The standard InChI is InChI=1S/C28H45F3O3/c1-6-27(33)16-15-24(2)18(17-27)7-8-19-20-9-10-22(25(20,3)13-11-21(19)24)23(34-5)12-14-26(4,32)28(29,30)31/h7,19-23,32-33H,6,8-17H2,1-5H3/t19-,20-,21-,22+,23+,24-,25-,26+,27-/m0/s1. The van der Waals surface area contributed by atoms with Crippen LogP contribution in [0.2, 0.25) is 0 Å². The van der Waals surface area contributed by atoms with Crippen LogP contribution in [0.1, 0.15) is 98.3 Å². The van der Waals surface area contributed by atoms with E-state index in [9.17, 15) is 23.4 Å². The lowest BCUT2D eigenvalue weighted by Gasteiger charge is -2.59. The van der Waals surface area contributed by atoms with Crippen LogP contribution in [0.25, 0.3) is 0 Å². The number of halogens is 3. The summed E-state index contributed by atoms with van der Waals surface area (Å²) in [5.74, 6) is 2.00. The van der Waals surface area contributed by atoms with Crippen molar-refractivity contribution in [2.24, 2.45) is 34.5 Å². The van der Waals surface area contributed by atoms with Gasteiger partial charge in [0.2, 0.25) is 0 Å². The fourth-order valence-corrected chi connectivity index (χ4v) is 8.71. The van der Waals surface area contributed by atoms with E-state index in [1.165, 1.54) is 5.57 Å². The van der Waals surface area contributed by atoms with Crippen LogP contribution in [0.3, 0.4) is 0 Å². The summed E-state index contributed by atoms with van der Waals surface area (Å²) in [6.07, 6.45) is 6.34. The van der Waals surface area contributed by atoms with Crippen molar-refractivity contribution in [3.05, 3.63) is 11.6 Å². The highest BCUT2D eigenvalue weighted by molar-refractivity contribution is 5.27. The molecule has 6 heteroatoms. The Morgan fingerprint density at radius 1 is 1.12 bits per heavy atom. The summed E-state index contributed by atoms with van der Waals surface area (Å²) < 4.78 is 45.5. The normalized spacial score (nSPS) is 44.9. The van der Waals surface area contributed by atoms with Crippen molar-refractivity contribution in [1.82, 2.24) is 0 Å². The molecule has 0 radical (unpaired) electrons. The van der Waals surface area contributed by atoms with E-state index in [0.29, 0.717) is 17.8 Å². The molecule has 0 unspecified atom stereocenters. The van der Waals surface area contributed by atoms with Crippen LogP contribution in [0, 0.1) is 34.5 Å². The molecule has 0 aromatic heterocycles. The second-order valence-corrected chi connectivity index (χ2v) is 12.8. The molecule has 4 aliphatic carbocycles. The molecule has 4 aliphatic rings. The van der Waals surface area contributed by atoms with Crippen molar-refractivity contribution >= 4 is 0 Å². The first-order valence-electron chi connectivity index (χ1n) is 13.4. The number of hydrogen-bond acceptors (Lipinski definition) is 3. The van der Waals surface area contributed by atoms with E-state index in [-0.39, 0.29) is 35.7 Å². The van der Waals surface area contributed by atoms with Crippen LogP contribution in [0.5, 0.6) is 0 Å². The van der Waals surface area contributed by atoms with Gasteiger partial charge in [-0.15, -0.1) is 0 Å². The Kier molecular flexibility index (Phi) is 6.82. The number of allylic oxidation sites excluding steroid dienone is 1. The molecule has 4 rings (SSSR count). The SMILES string of the molecule is CC[C@]1(O)CC[C@@]2(C)C(=CC[C@H]3[C@@H]4CC[C@H]([C@@H](CC[C@@](C)(O)C(F)(F)F)OC)[C@@]4(C)CC[C@@H]32)C1. The first-order valence-corrected chi connectivity index (χ1v) is 13.4. The molecular weight excluding hydrogens is 441 g/mol. The van der Waals surface area contributed by atoms with E-state index in [1.807, 2.05) is 0 Å². The first kappa shape index (κ1) is 26.5. The molecular formula is C28H45F3O3. The van der Waals surface area contributed by atoms with E-state index in [2.05, 4.69) is 26.8 Å². The largest absolute Gasteiger partial charge is 0.416 e. The zero-order chi connectivity index (χ0) is 25.2. The maximum absolute atomic E-state index is 13.2. The van der Waals surface area contributed by atoms with E-state index in [1.54, 1.807) is 7.11 Å². The molecule has 0 saturated heterocycles. The lowest BCUT2D eigenvalue weighted by atomic mass is 9.46. The molecule has 0 aromatic rings. The van der Waals surface area contributed by atoms with Crippen LogP contribution in [0.15, 0.2) is 11.6 Å². The molecule has 196 valence electrons. The topological polar surface area (TPSA) is 49.7 Å². The lowest BCUT2D eigenvalue weighted by molar-refractivity contribution is -0.257. The summed E-state index contributed by atoms with van der Waals surface area (Å²) in [7, 11) is 1.61. The number of alkyl halides is 3. The second-order valence-electron chi connectivity index (χ2n) is 12.8. The fraction of sp³-hybridized carbons (Fsp3) is 0.929. The minimum atomic E-state index is -4.63.